The van der Waals surface area contributed by atoms with Gasteiger partial charge in [0.2, 0.25) is 0 Å². The van der Waals surface area contributed by atoms with Crippen molar-refractivity contribution >= 4 is 10.9 Å². The monoisotopic (exact) mass is 202 g/mol. The summed E-state index contributed by atoms with van der Waals surface area (Å²) < 4.78 is 0. The van der Waals surface area contributed by atoms with Crippen molar-refractivity contribution in [1.29, 1.82) is 0 Å². The molecule has 0 radical (unpaired) electrons. The molecule has 0 fully saturated rings. The fraction of sp³-hybridized carbons (Fsp3) is 0.250. The van der Waals surface area contributed by atoms with Crippen molar-refractivity contribution in [3.8, 4) is 0 Å². The minimum absolute atomic E-state index is 0.183. The molecule has 3 heteroatoms. The summed E-state index contributed by atoms with van der Waals surface area (Å²) in [7, 11) is 0. The average Bonchev–Trinajstić information content (AvgIpc) is 2.28. The van der Waals surface area contributed by atoms with Gasteiger partial charge in [-0.1, -0.05) is 24.3 Å². The standard InChI is InChI=1S/C12H14N2O/c1-12(15,8-13)10-6-2-4-9-5-3-7-14-11(9)10/h2-7,15H,8,13H2,1H3. The maximum Gasteiger partial charge on any atom is 0.101 e. The molecular weight excluding hydrogens is 188 g/mol. The second-order valence-corrected chi connectivity index (χ2v) is 3.86. The van der Waals surface area contributed by atoms with E-state index in [0.29, 0.717) is 0 Å². The Labute approximate surface area is 88.6 Å². The Bertz CT molecular complexity index is 475. The van der Waals surface area contributed by atoms with Gasteiger partial charge in [0, 0.05) is 23.7 Å². The zero-order valence-corrected chi connectivity index (χ0v) is 8.64. The van der Waals surface area contributed by atoms with Crippen LogP contribution in [0.4, 0.5) is 0 Å². The number of nitrogens with zero attached hydrogens (tertiary/aromatic N) is 1. The van der Waals surface area contributed by atoms with Gasteiger partial charge in [0.05, 0.1) is 5.52 Å². The molecule has 2 aromatic rings. The normalized spacial score (nSPS) is 15.1. The van der Waals surface area contributed by atoms with Gasteiger partial charge < -0.3 is 10.8 Å². The summed E-state index contributed by atoms with van der Waals surface area (Å²) in [6.45, 7) is 1.89. The van der Waals surface area contributed by atoms with Crippen molar-refractivity contribution in [3.05, 3.63) is 42.1 Å². The Morgan fingerprint density at radius 3 is 2.80 bits per heavy atom. The molecule has 0 saturated carbocycles. The molecule has 15 heavy (non-hydrogen) atoms. The smallest absolute Gasteiger partial charge is 0.101 e. The van der Waals surface area contributed by atoms with Crippen molar-refractivity contribution in [2.75, 3.05) is 6.54 Å². The molecule has 0 amide bonds. The van der Waals surface area contributed by atoms with E-state index in [2.05, 4.69) is 4.98 Å². The van der Waals surface area contributed by atoms with E-state index in [1.165, 1.54) is 0 Å². The molecule has 0 aliphatic heterocycles. The van der Waals surface area contributed by atoms with Crippen LogP contribution in [0.5, 0.6) is 0 Å². The Kier molecular flexibility index (Phi) is 2.42. The highest BCUT2D eigenvalue weighted by molar-refractivity contribution is 5.82. The Hall–Kier alpha value is -1.45. The predicted octanol–water partition coefficient (Wildman–Crippen LogP) is 1.40. The Balaban J connectivity index is 2.71. The summed E-state index contributed by atoms with van der Waals surface area (Å²) in [5.74, 6) is 0. The molecule has 2 rings (SSSR count). The minimum Gasteiger partial charge on any atom is -0.384 e. The number of nitrogens with two attached hydrogens (primary N) is 1. The van der Waals surface area contributed by atoms with Crippen LogP contribution in [-0.2, 0) is 5.60 Å². The summed E-state index contributed by atoms with van der Waals surface area (Å²) in [4.78, 5) is 4.28. The van der Waals surface area contributed by atoms with Crippen LogP contribution in [0, 0.1) is 0 Å². The summed E-state index contributed by atoms with van der Waals surface area (Å²) in [6.07, 6.45) is 1.72. The first-order valence-electron chi connectivity index (χ1n) is 4.92. The number of rotatable bonds is 2. The highest BCUT2D eigenvalue weighted by Gasteiger charge is 2.23. The number of aliphatic hydroxyl groups is 1. The third-order valence-corrected chi connectivity index (χ3v) is 2.61. The van der Waals surface area contributed by atoms with E-state index in [9.17, 15) is 5.11 Å². The first-order chi connectivity index (χ1) is 7.15. The molecule has 3 nitrogen and oxygen atoms in total. The van der Waals surface area contributed by atoms with Crippen molar-refractivity contribution in [1.82, 2.24) is 4.98 Å². The highest BCUT2D eigenvalue weighted by atomic mass is 16.3. The molecule has 1 unspecified atom stereocenters. The molecule has 0 aliphatic carbocycles. The lowest BCUT2D eigenvalue weighted by atomic mass is 9.94. The molecule has 1 aromatic heterocycles. The van der Waals surface area contributed by atoms with Crippen molar-refractivity contribution < 1.29 is 5.11 Å². The third kappa shape index (κ3) is 1.71. The maximum atomic E-state index is 10.1. The zero-order chi connectivity index (χ0) is 10.9. The minimum atomic E-state index is -1.02. The third-order valence-electron chi connectivity index (χ3n) is 2.61. The van der Waals surface area contributed by atoms with Crippen LogP contribution in [0.15, 0.2) is 36.5 Å². The Morgan fingerprint density at radius 2 is 2.07 bits per heavy atom. The van der Waals surface area contributed by atoms with E-state index in [1.807, 2.05) is 30.3 Å². The van der Waals surface area contributed by atoms with E-state index >= 15 is 0 Å². The van der Waals surface area contributed by atoms with E-state index in [-0.39, 0.29) is 6.54 Å². The molecule has 0 saturated heterocycles. The topological polar surface area (TPSA) is 59.1 Å². The van der Waals surface area contributed by atoms with Crippen LogP contribution >= 0.6 is 0 Å². The van der Waals surface area contributed by atoms with Gasteiger partial charge in [0.25, 0.3) is 0 Å². The van der Waals surface area contributed by atoms with Gasteiger partial charge in [-0.05, 0) is 13.0 Å². The molecule has 0 bridgehead atoms. The van der Waals surface area contributed by atoms with Crippen LogP contribution < -0.4 is 5.73 Å². The van der Waals surface area contributed by atoms with Crippen LogP contribution in [-0.4, -0.2) is 16.6 Å². The number of hydrogen-bond acceptors (Lipinski definition) is 3. The fourth-order valence-electron chi connectivity index (χ4n) is 1.65. The summed E-state index contributed by atoms with van der Waals surface area (Å²) in [5, 5.41) is 11.1. The van der Waals surface area contributed by atoms with Gasteiger partial charge in [-0.15, -0.1) is 0 Å². The zero-order valence-electron chi connectivity index (χ0n) is 8.64. The fourth-order valence-corrected chi connectivity index (χ4v) is 1.65. The van der Waals surface area contributed by atoms with Gasteiger partial charge >= 0.3 is 0 Å². The lowest BCUT2D eigenvalue weighted by Gasteiger charge is -2.22. The quantitative estimate of drug-likeness (QED) is 0.774. The molecule has 0 aliphatic rings. The summed E-state index contributed by atoms with van der Waals surface area (Å²) in [5.41, 5.74) is 6.13. The largest absolute Gasteiger partial charge is 0.384 e. The van der Waals surface area contributed by atoms with Gasteiger partial charge in [-0.2, -0.15) is 0 Å². The second kappa shape index (κ2) is 3.61. The first-order valence-corrected chi connectivity index (χ1v) is 4.92. The number of benzene rings is 1. The van der Waals surface area contributed by atoms with E-state index in [1.54, 1.807) is 13.1 Å². The van der Waals surface area contributed by atoms with Crippen molar-refractivity contribution in [2.45, 2.75) is 12.5 Å². The summed E-state index contributed by atoms with van der Waals surface area (Å²) >= 11 is 0. The van der Waals surface area contributed by atoms with E-state index in [0.717, 1.165) is 16.5 Å². The van der Waals surface area contributed by atoms with Crippen LogP contribution in [0.1, 0.15) is 12.5 Å². The molecule has 3 N–H and O–H groups in total. The summed E-state index contributed by atoms with van der Waals surface area (Å²) in [6, 6.07) is 9.59. The van der Waals surface area contributed by atoms with Gasteiger partial charge in [0.15, 0.2) is 0 Å². The number of para-hydroxylation sites is 1. The number of pyridine rings is 1. The van der Waals surface area contributed by atoms with Crippen molar-refractivity contribution in [3.63, 3.8) is 0 Å². The van der Waals surface area contributed by atoms with Crippen LogP contribution in [0.3, 0.4) is 0 Å². The maximum absolute atomic E-state index is 10.1. The Morgan fingerprint density at radius 1 is 1.33 bits per heavy atom. The number of aromatic nitrogens is 1. The predicted molar refractivity (Wildman–Crippen MR) is 60.4 cm³/mol. The van der Waals surface area contributed by atoms with Gasteiger partial charge in [-0.25, -0.2) is 0 Å². The second-order valence-electron chi connectivity index (χ2n) is 3.86. The van der Waals surface area contributed by atoms with Crippen LogP contribution in [0.25, 0.3) is 10.9 Å². The molecular formula is C12H14N2O. The van der Waals surface area contributed by atoms with E-state index in [4.69, 9.17) is 5.73 Å². The van der Waals surface area contributed by atoms with Gasteiger partial charge in [-0.3, -0.25) is 4.98 Å². The van der Waals surface area contributed by atoms with Crippen molar-refractivity contribution in [2.24, 2.45) is 5.73 Å². The molecule has 78 valence electrons. The number of hydrogen-bond donors (Lipinski definition) is 2. The van der Waals surface area contributed by atoms with E-state index < -0.39 is 5.60 Å². The molecule has 1 aromatic carbocycles. The van der Waals surface area contributed by atoms with Crippen LogP contribution in [0.2, 0.25) is 0 Å². The average molecular weight is 202 g/mol. The molecule has 1 heterocycles. The first kappa shape index (κ1) is 10.1. The number of fused-ring (bicyclic) bond motifs is 1. The van der Waals surface area contributed by atoms with Gasteiger partial charge in [0.1, 0.15) is 5.60 Å². The lowest BCUT2D eigenvalue weighted by Crippen LogP contribution is -2.31. The molecule has 1 atom stereocenters. The molecule has 0 spiro atoms. The highest BCUT2D eigenvalue weighted by Crippen LogP contribution is 2.26. The SMILES string of the molecule is CC(O)(CN)c1cccc2cccnc12. The lowest BCUT2D eigenvalue weighted by molar-refractivity contribution is 0.0682.